The molecule has 0 saturated carbocycles. The highest BCUT2D eigenvalue weighted by molar-refractivity contribution is 5.71. The van der Waals surface area contributed by atoms with Gasteiger partial charge in [0, 0.05) is 6.54 Å². The quantitative estimate of drug-likeness (QED) is 0.522. The number of hydrogen-bond acceptors (Lipinski definition) is 4. The number of nitrogens with one attached hydrogen (secondary N) is 1. The van der Waals surface area contributed by atoms with Crippen molar-refractivity contribution >= 4 is 5.97 Å². The lowest BCUT2D eigenvalue weighted by Gasteiger charge is -2.07. The van der Waals surface area contributed by atoms with Crippen LogP contribution in [0.3, 0.4) is 0 Å². The highest BCUT2D eigenvalue weighted by atomic mass is 19.4. The molecule has 0 saturated heterocycles. The van der Waals surface area contributed by atoms with Gasteiger partial charge in [0.05, 0.1) is 19.8 Å². The maximum atomic E-state index is 11.4. The molecular weight excluding hydrogens is 203 g/mol. The summed E-state index contributed by atoms with van der Waals surface area (Å²) < 4.78 is 42.2. The Morgan fingerprint density at radius 3 is 2.57 bits per heavy atom. The van der Waals surface area contributed by atoms with Gasteiger partial charge in [-0.1, -0.05) is 0 Å². The van der Waals surface area contributed by atoms with Gasteiger partial charge in [-0.3, -0.25) is 9.53 Å². The maximum Gasteiger partial charge on any atom is 0.522 e. The molecule has 84 valence electrons. The van der Waals surface area contributed by atoms with E-state index in [2.05, 4.69) is 14.8 Å². The SMILES string of the molecule is CCOC(=O)CNCCOC(F)(F)F. The first-order valence-corrected chi connectivity index (χ1v) is 4.02. The summed E-state index contributed by atoms with van der Waals surface area (Å²) in [5.74, 6) is -0.500. The molecular formula is C7H12F3NO3. The topological polar surface area (TPSA) is 47.6 Å². The Morgan fingerprint density at radius 2 is 2.07 bits per heavy atom. The minimum absolute atomic E-state index is 0.0572. The Labute approximate surface area is 79.4 Å². The van der Waals surface area contributed by atoms with Crippen LogP contribution in [0.15, 0.2) is 0 Å². The van der Waals surface area contributed by atoms with Gasteiger partial charge in [0.25, 0.3) is 0 Å². The van der Waals surface area contributed by atoms with Crippen molar-refractivity contribution in [2.75, 3.05) is 26.3 Å². The van der Waals surface area contributed by atoms with Crippen molar-refractivity contribution in [2.45, 2.75) is 13.3 Å². The Bertz CT molecular complexity index is 172. The largest absolute Gasteiger partial charge is 0.522 e. The summed E-state index contributed by atoms with van der Waals surface area (Å²) >= 11 is 0. The molecule has 14 heavy (non-hydrogen) atoms. The van der Waals surface area contributed by atoms with Gasteiger partial charge in [0.15, 0.2) is 0 Å². The molecule has 1 N–H and O–H groups in total. The van der Waals surface area contributed by atoms with Gasteiger partial charge in [-0.2, -0.15) is 0 Å². The third kappa shape index (κ3) is 9.27. The van der Waals surface area contributed by atoms with E-state index >= 15 is 0 Å². The number of esters is 1. The second-order valence-electron chi connectivity index (χ2n) is 2.28. The second-order valence-corrected chi connectivity index (χ2v) is 2.28. The van der Waals surface area contributed by atoms with E-state index in [1.165, 1.54) is 0 Å². The third-order valence-corrected chi connectivity index (χ3v) is 1.12. The van der Waals surface area contributed by atoms with E-state index in [-0.39, 0.29) is 19.7 Å². The zero-order valence-corrected chi connectivity index (χ0v) is 7.69. The lowest BCUT2D eigenvalue weighted by Crippen LogP contribution is -2.29. The standard InChI is InChI=1S/C7H12F3NO3/c1-2-13-6(12)5-11-3-4-14-7(8,9)10/h11H,2-5H2,1H3. The molecule has 0 aromatic rings. The molecule has 7 heteroatoms. The first-order chi connectivity index (χ1) is 6.45. The van der Waals surface area contributed by atoms with Crippen LogP contribution >= 0.6 is 0 Å². The van der Waals surface area contributed by atoms with Crippen molar-refractivity contribution < 1.29 is 27.4 Å². The molecule has 0 rings (SSSR count). The fraction of sp³-hybridized carbons (Fsp3) is 0.857. The average Bonchev–Trinajstić information content (AvgIpc) is 2.02. The summed E-state index contributed by atoms with van der Waals surface area (Å²) in [5.41, 5.74) is 0. The molecule has 0 aliphatic carbocycles. The maximum absolute atomic E-state index is 11.4. The van der Waals surface area contributed by atoms with Crippen LogP contribution < -0.4 is 5.32 Å². The molecule has 0 aromatic carbocycles. The van der Waals surface area contributed by atoms with E-state index in [4.69, 9.17) is 0 Å². The number of hydrogen-bond donors (Lipinski definition) is 1. The number of rotatable bonds is 6. The van der Waals surface area contributed by atoms with E-state index in [0.717, 1.165) is 0 Å². The van der Waals surface area contributed by atoms with Crippen LogP contribution in [0.5, 0.6) is 0 Å². The summed E-state index contributed by atoms with van der Waals surface area (Å²) in [6.07, 6.45) is -4.62. The Balaban J connectivity index is 3.26. The van der Waals surface area contributed by atoms with Crippen LogP contribution in [-0.2, 0) is 14.3 Å². The first-order valence-electron chi connectivity index (χ1n) is 4.02. The molecule has 0 unspecified atom stereocenters. The minimum Gasteiger partial charge on any atom is -0.465 e. The van der Waals surface area contributed by atoms with Crippen molar-refractivity contribution in [1.29, 1.82) is 0 Å². The molecule has 4 nitrogen and oxygen atoms in total. The van der Waals surface area contributed by atoms with Gasteiger partial charge in [0.1, 0.15) is 0 Å². The fourth-order valence-corrected chi connectivity index (χ4v) is 0.641. The van der Waals surface area contributed by atoms with Gasteiger partial charge in [-0.05, 0) is 6.92 Å². The predicted molar refractivity (Wildman–Crippen MR) is 41.5 cm³/mol. The summed E-state index contributed by atoms with van der Waals surface area (Å²) in [5, 5.41) is 2.44. The monoisotopic (exact) mass is 215 g/mol. The summed E-state index contributed by atoms with van der Waals surface area (Å²) in [7, 11) is 0. The zero-order valence-electron chi connectivity index (χ0n) is 7.69. The van der Waals surface area contributed by atoms with Crippen LogP contribution in [-0.4, -0.2) is 38.6 Å². The Morgan fingerprint density at radius 1 is 1.43 bits per heavy atom. The van der Waals surface area contributed by atoms with Crippen LogP contribution in [0.1, 0.15) is 6.92 Å². The first kappa shape index (κ1) is 13.2. The highest BCUT2D eigenvalue weighted by Gasteiger charge is 2.28. The van der Waals surface area contributed by atoms with Crippen molar-refractivity contribution in [3.8, 4) is 0 Å². The average molecular weight is 215 g/mol. The smallest absolute Gasteiger partial charge is 0.465 e. The van der Waals surface area contributed by atoms with E-state index in [9.17, 15) is 18.0 Å². The van der Waals surface area contributed by atoms with Crippen molar-refractivity contribution in [3.05, 3.63) is 0 Å². The molecule has 0 aromatic heterocycles. The summed E-state index contributed by atoms with van der Waals surface area (Å²) in [6, 6.07) is 0. The lowest BCUT2D eigenvalue weighted by atomic mass is 10.6. The number of halogens is 3. The second kappa shape index (κ2) is 6.61. The molecule has 0 atom stereocenters. The fourth-order valence-electron chi connectivity index (χ4n) is 0.641. The number of carbonyl (C=O) groups excluding carboxylic acids is 1. The zero-order chi connectivity index (χ0) is 11.0. The van der Waals surface area contributed by atoms with E-state index < -0.39 is 18.9 Å². The van der Waals surface area contributed by atoms with Crippen molar-refractivity contribution in [2.24, 2.45) is 0 Å². The molecule has 0 aliphatic rings. The molecule has 0 spiro atoms. The van der Waals surface area contributed by atoms with Crippen molar-refractivity contribution in [1.82, 2.24) is 5.32 Å². The van der Waals surface area contributed by atoms with Gasteiger partial charge >= 0.3 is 12.3 Å². The van der Waals surface area contributed by atoms with E-state index in [1.54, 1.807) is 6.92 Å². The van der Waals surface area contributed by atoms with Crippen LogP contribution in [0, 0.1) is 0 Å². The minimum atomic E-state index is -4.62. The third-order valence-electron chi connectivity index (χ3n) is 1.12. The molecule has 0 fully saturated rings. The lowest BCUT2D eigenvalue weighted by molar-refractivity contribution is -0.323. The molecule has 0 radical (unpaired) electrons. The normalized spacial score (nSPS) is 11.4. The Kier molecular flexibility index (Phi) is 6.22. The molecule has 0 bridgehead atoms. The highest BCUT2D eigenvalue weighted by Crippen LogP contribution is 2.14. The number of alkyl halides is 3. The predicted octanol–water partition coefficient (Wildman–Crippen LogP) is 0.675. The van der Waals surface area contributed by atoms with Crippen molar-refractivity contribution in [3.63, 3.8) is 0 Å². The van der Waals surface area contributed by atoms with Crippen LogP contribution in [0.4, 0.5) is 13.2 Å². The summed E-state index contributed by atoms with van der Waals surface area (Å²) in [4.78, 5) is 10.7. The van der Waals surface area contributed by atoms with Gasteiger partial charge < -0.3 is 10.1 Å². The number of carbonyl (C=O) groups is 1. The number of ether oxygens (including phenoxy) is 2. The molecule has 0 aliphatic heterocycles. The van der Waals surface area contributed by atoms with Crippen LogP contribution in [0.25, 0.3) is 0 Å². The van der Waals surface area contributed by atoms with Gasteiger partial charge in [-0.15, -0.1) is 13.2 Å². The van der Waals surface area contributed by atoms with Gasteiger partial charge in [-0.25, -0.2) is 0 Å². The van der Waals surface area contributed by atoms with Crippen LogP contribution in [0.2, 0.25) is 0 Å². The summed E-state index contributed by atoms with van der Waals surface area (Å²) in [6.45, 7) is 1.19. The molecule has 0 heterocycles. The van der Waals surface area contributed by atoms with E-state index in [0.29, 0.717) is 0 Å². The molecule has 0 amide bonds. The van der Waals surface area contributed by atoms with Gasteiger partial charge in [0.2, 0.25) is 0 Å². The Hall–Kier alpha value is -0.820. The van der Waals surface area contributed by atoms with E-state index in [1.807, 2.05) is 0 Å².